The van der Waals surface area contributed by atoms with E-state index in [0.717, 1.165) is 22.2 Å². The van der Waals surface area contributed by atoms with Gasteiger partial charge in [0.15, 0.2) is 11.4 Å². The van der Waals surface area contributed by atoms with Gasteiger partial charge in [0, 0.05) is 18.8 Å². The van der Waals surface area contributed by atoms with Crippen LogP contribution in [-0.4, -0.2) is 33.2 Å². The summed E-state index contributed by atoms with van der Waals surface area (Å²) < 4.78 is 5.79. The Morgan fingerprint density at radius 3 is 2.95 bits per heavy atom. The van der Waals surface area contributed by atoms with Crippen LogP contribution in [0.4, 0.5) is 5.82 Å². The molecular formula is C14H16N4O2. The summed E-state index contributed by atoms with van der Waals surface area (Å²) in [5.41, 5.74) is 4.00. The molecule has 104 valence electrons. The number of pyridine rings is 1. The van der Waals surface area contributed by atoms with E-state index in [1.54, 1.807) is 0 Å². The molecule has 3 aromatic rings. The summed E-state index contributed by atoms with van der Waals surface area (Å²) in [7, 11) is 0. The number of nitrogens with zero attached hydrogens (tertiary/aromatic N) is 3. The number of aliphatic hydroxyl groups excluding tert-OH is 1. The van der Waals surface area contributed by atoms with Gasteiger partial charge in [-0.3, -0.25) is 0 Å². The Labute approximate surface area is 115 Å². The van der Waals surface area contributed by atoms with Crippen molar-refractivity contribution in [3.05, 3.63) is 23.7 Å². The summed E-state index contributed by atoms with van der Waals surface area (Å²) in [5, 5.41) is 12.9. The highest BCUT2D eigenvalue weighted by Gasteiger charge is 2.14. The minimum absolute atomic E-state index is 0.140. The van der Waals surface area contributed by atoms with Gasteiger partial charge in [0.05, 0.1) is 5.39 Å². The van der Waals surface area contributed by atoms with Crippen LogP contribution in [0.3, 0.4) is 0 Å². The van der Waals surface area contributed by atoms with Gasteiger partial charge in [0.25, 0.3) is 0 Å². The molecule has 2 N–H and O–H groups in total. The van der Waals surface area contributed by atoms with Gasteiger partial charge in [0.2, 0.25) is 5.71 Å². The Kier molecular flexibility index (Phi) is 3.23. The van der Waals surface area contributed by atoms with E-state index in [1.165, 1.54) is 6.33 Å². The maximum Gasteiger partial charge on any atom is 0.229 e. The molecule has 0 fully saturated rings. The standard InChI is InChI=1S/C14H16N4O2/c1-8-6-10-11-12(20-14(10)18-9(8)2)13(17-7-16-11)15-4-3-5-19/h6-7,19H,3-5H2,1-2H3,(H,15,16,17). The molecule has 3 heterocycles. The molecule has 0 unspecified atom stereocenters. The molecule has 0 saturated carbocycles. The van der Waals surface area contributed by atoms with Crippen molar-refractivity contribution in [2.75, 3.05) is 18.5 Å². The molecule has 20 heavy (non-hydrogen) atoms. The lowest BCUT2D eigenvalue weighted by atomic mass is 10.2. The van der Waals surface area contributed by atoms with Crippen LogP contribution in [0.5, 0.6) is 0 Å². The van der Waals surface area contributed by atoms with Crippen molar-refractivity contribution in [2.45, 2.75) is 20.3 Å². The van der Waals surface area contributed by atoms with E-state index in [0.29, 0.717) is 30.1 Å². The number of nitrogens with one attached hydrogen (secondary N) is 1. The molecule has 0 atom stereocenters. The number of hydrogen-bond acceptors (Lipinski definition) is 6. The largest absolute Gasteiger partial charge is 0.432 e. The number of aryl methyl sites for hydroxylation is 2. The first-order valence-corrected chi connectivity index (χ1v) is 6.57. The highest BCUT2D eigenvalue weighted by molar-refractivity contribution is 6.04. The number of fused-ring (bicyclic) bond motifs is 3. The number of rotatable bonds is 4. The van der Waals surface area contributed by atoms with E-state index >= 15 is 0 Å². The average Bonchev–Trinajstić information content (AvgIpc) is 2.78. The molecule has 0 saturated heterocycles. The van der Waals surface area contributed by atoms with Crippen molar-refractivity contribution in [3.8, 4) is 0 Å². The van der Waals surface area contributed by atoms with Gasteiger partial charge in [-0.05, 0) is 31.9 Å². The smallest absolute Gasteiger partial charge is 0.229 e. The Morgan fingerprint density at radius 1 is 1.30 bits per heavy atom. The second kappa shape index (κ2) is 5.05. The lowest BCUT2D eigenvalue weighted by Crippen LogP contribution is -2.05. The van der Waals surface area contributed by atoms with Gasteiger partial charge < -0.3 is 14.8 Å². The van der Waals surface area contributed by atoms with Crippen molar-refractivity contribution in [1.29, 1.82) is 0 Å². The third kappa shape index (κ3) is 2.08. The fourth-order valence-corrected chi connectivity index (χ4v) is 2.10. The lowest BCUT2D eigenvalue weighted by molar-refractivity contribution is 0.292. The minimum Gasteiger partial charge on any atom is -0.432 e. The number of hydrogen-bond donors (Lipinski definition) is 2. The molecule has 0 bridgehead atoms. The SMILES string of the molecule is Cc1cc2c(nc1C)oc1c(NCCCO)ncnc12. The number of aliphatic hydroxyl groups is 1. The van der Waals surface area contributed by atoms with Crippen molar-refractivity contribution in [2.24, 2.45) is 0 Å². The number of aromatic nitrogens is 3. The summed E-state index contributed by atoms with van der Waals surface area (Å²) in [6.07, 6.45) is 2.16. The topological polar surface area (TPSA) is 84.1 Å². The van der Waals surface area contributed by atoms with E-state index in [4.69, 9.17) is 9.52 Å². The first-order valence-electron chi connectivity index (χ1n) is 6.57. The zero-order chi connectivity index (χ0) is 14.1. The molecular weight excluding hydrogens is 256 g/mol. The van der Waals surface area contributed by atoms with Crippen LogP contribution in [0.2, 0.25) is 0 Å². The van der Waals surface area contributed by atoms with Crippen LogP contribution < -0.4 is 5.32 Å². The molecule has 0 aliphatic heterocycles. The van der Waals surface area contributed by atoms with Gasteiger partial charge in [-0.1, -0.05) is 0 Å². The van der Waals surface area contributed by atoms with Gasteiger partial charge in [0.1, 0.15) is 11.8 Å². The van der Waals surface area contributed by atoms with E-state index in [2.05, 4.69) is 20.3 Å². The zero-order valence-electron chi connectivity index (χ0n) is 11.5. The third-order valence-electron chi connectivity index (χ3n) is 3.32. The normalized spacial score (nSPS) is 11.3. The Bertz CT molecular complexity index is 767. The van der Waals surface area contributed by atoms with E-state index < -0.39 is 0 Å². The first-order chi connectivity index (χ1) is 9.70. The molecule has 0 aliphatic rings. The van der Waals surface area contributed by atoms with Crippen molar-refractivity contribution >= 4 is 28.0 Å². The maximum absolute atomic E-state index is 8.83. The van der Waals surface area contributed by atoms with Crippen molar-refractivity contribution in [1.82, 2.24) is 15.0 Å². The second-order valence-electron chi connectivity index (χ2n) is 4.75. The minimum atomic E-state index is 0.140. The maximum atomic E-state index is 8.83. The summed E-state index contributed by atoms with van der Waals surface area (Å²) in [6.45, 7) is 4.74. The Balaban J connectivity index is 2.14. The first kappa shape index (κ1) is 12.8. The molecule has 0 amide bonds. The Hall–Kier alpha value is -2.21. The quantitative estimate of drug-likeness (QED) is 0.708. The predicted molar refractivity (Wildman–Crippen MR) is 76.8 cm³/mol. The molecule has 3 aromatic heterocycles. The molecule has 0 spiro atoms. The summed E-state index contributed by atoms with van der Waals surface area (Å²) in [4.78, 5) is 12.9. The summed E-state index contributed by atoms with van der Waals surface area (Å²) >= 11 is 0. The zero-order valence-corrected chi connectivity index (χ0v) is 11.5. The highest BCUT2D eigenvalue weighted by atomic mass is 16.3. The highest BCUT2D eigenvalue weighted by Crippen LogP contribution is 2.30. The van der Waals surface area contributed by atoms with Gasteiger partial charge in [-0.2, -0.15) is 0 Å². The molecule has 6 heteroatoms. The van der Waals surface area contributed by atoms with Crippen molar-refractivity contribution < 1.29 is 9.52 Å². The summed E-state index contributed by atoms with van der Waals surface area (Å²) in [6, 6.07) is 2.04. The average molecular weight is 272 g/mol. The number of anilines is 1. The molecule has 0 radical (unpaired) electrons. The van der Waals surface area contributed by atoms with E-state index in [-0.39, 0.29) is 6.61 Å². The third-order valence-corrected chi connectivity index (χ3v) is 3.32. The molecule has 6 nitrogen and oxygen atoms in total. The predicted octanol–water partition coefficient (Wildman–Crippen LogP) is 2.18. The molecule has 0 aromatic carbocycles. The fourth-order valence-electron chi connectivity index (χ4n) is 2.10. The fraction of sp³-hybridized carbons (Fsp3) is 0.357. The van der Waals surface area contributed by atoms with Crippen LogP contribution >= 0.6 is 0 Å². The monoisotopic (exact) mass is 272 g/mol. The van der Waals surface area contributed by atoms with Crippen LogP contribution in [0.1, 0.15) is 17.7 Å². The number of furan rings is 1. The van der Waals surface area contributed by atoms with Gasteiger partial charge >= 0.3 is 0 Å². The van der Waals surface area contributed by atoms with Crippen LogP contribution in [0.25, 0.3) is 22.2 Å². The van der Waals surface area contributed by atoms with Gasteiger partial charge in [-0.15, -0.1) is 0 Å². The van der Waals surface area contributed by atoms with Gasteiger partial charge in [-0.25, -0.2) is 15.0 Å². The van der Waals surface area contributed by atoms with Crippen LogP contribution in [0.15, 0.2) is 16.8 Å². The summed E-state index contributed by atoms with van der Waals surface area (Å²) in [5.74, 6) is 0.636. The second-order valence-corrected chi connectivity index (χ2v) is 4.75. The molecule has 0 aliphatic carbocycles. The lowest BCUT2D eigenvalue weighted by Gasteiger charge is -2.03. The molecule has 3 rings (SSSR count). The van der Waals surface area contributed by atoms with Crippen molar-refractivity contribution in [3.63, 3.8) is 0 Å². The Morgan fingerprint density at radius 2 is 2.15 bits per heavy atom. The van der Waals surface area contributed by atoms with Crippen LogP contribution in [-0.2, 0) is 0 Å². The van der Waals surface area contributed by atoms with E-state index in [1.807, 2.05) is 19.9 Å². The van der Waals surface area contributed by atoms with Crippen LogP contribution in [0, 0.1) is 13.8 Å². The van der Waals surface area contributed by atoms with E-state index in [9.17, 15) is 0 Å².